The number of carbonyl (C=O) groups excluding carboxylic acids is 2. The Kier molecular flexibility index (Phi) is 5.15. The lowest BCUT2D eigenvalue weighted by Gasteiger charge is -2.11. The largest absolute Gasteiger partial charge is 0.368 e. The van der Waals surface area contributed by atoms with Gasteiger partial charge in [0.2, 0.25) is 0 Å². The number of hydrogen-bond donors (Lipinski definition) is 2. The van der Waals surface area contributed by atoms with Gasteiger partial charge in [0.1, 0.15) is 17.8 Å². The van der Waals surface area contributed by atoms with Gasteiger partial charge in [-0.05, 0) is 37.5 Å². The van der Waals surface area contributed by atoms with Crippen molar-refractivity contribution >= 4 is 17.5 Å². The molecule has 4 rings (SSSR count). The minimum absolute atomic E-state index is 0.161. The van der Waals surface area contributed by atoms with Gasteiger partial charge in [-0.1, -0.05) is 6.07 Å². The van der Waals surface area contributed by atoms with Crippen molar-refractivity contribution in [1.82, 2.24) is 20.1 Å². The number of ether oxygens (including phenoxy) is 1. The van der Waals surface area contributed by atoms with Crippen molar-refractivity contribution < 1.29 is 14.3 Å². The van der Waals surface area contributed by atoms with Gasteiger partial charge in [0, 0.05) is 43.8 Å². The van der Waals surface area contributed by atoms with Gasteiger partial charge in [0.15, 0.2) is 0 Å². The Labute approximate surface area is 157 Å². The smallest absolute Gasteiger partial charge is 0.253 e. The van der Waals surface area contributed by atoms with E-state index in [2.05, 4.69) is 25.4 Å². The molecule has 1 saturated heterocycles. The average molecular weight is 369 g/mol. The van der Waals surface area contributed by atoms with E-state index < -0.39 is 6.10 Å². The third-order valence-corrected chi connectivity index (χ3v) is 4.93. The maximum atomic E-state index is 12.4. The summed E-state index contributed by atoms with van der Waals surface area (Å²) in [5.41, 5.74) is 1.10. The Morgan fingerprint density at radius 3 is 3.04 bits per heavy atom. The van der Waals surface area contributed by atoms with Crippen molar-refractivity contribution in [2.45, 2.75) is 44.8 Å². The molecule has 3 heterocycles. The first-order valence-corrected chi connectivity index (χ1v) is 9.42. The number of hydrogen-bond acceptors (Lipinski definition) is 5. The Bertz CT molecular complexity index is 842. The van der Waals surface area contributed by atoms with Crippen LogP contribution in [0.3, 0.4) is 0 Å². The Morgan fingerprint density at radius 2 is 2.19 bits per heavy atom. The van der Waals surface area contributed by atoms with Gasteiger partial charge in [-0.2, -0.15) is 0 Å². The number of fused-ring (bicyclic) bond motifs is 1. The first-order chi connectivity index (χ1) is 13.2. The molecule has 2 aromatic rings. The Hall–Kier alpha value is -2.74. The van der Waals surface area contributed by atoms with Gasteiger partial charge in [0.05, 0.1) is 0 Å². The van der Waals surface area contributed by atoms with E-state index in [1.54, 1.807) is 24.3 Å². The van der Waals surface area contributed by atoms with Crippen LogP contribution in [0.25, 0.3) is 0 Å². The monoisotopic (exact) mass is 369 g/mol. The third-order valence-electron chi connectivity index (χ3n) is 4.93. The summed E-state index contributed by atoms with van der Waals surface area (Å²) in [7, 11) is 0. The van der Waals surface area contributed by atoms with Crippen LogP contribution in [0, 0.1) is 0 Å². The van der Waals surface area contributed by atoms with Crippen LogP contribution in [-0.2, 0) is 28.9 Å². The van der Waals surface area contributed by atoms with Crippen LogP contribution >= 0.6 is 0 Å². The Morgan fingerprint density at radius 1 is 1.26 bits per heavy atom. The molecule has 8 nitrogen and oxygen atoms in total. The first-order valence-electron chi connectivity index (χ1n) is 9.42. The van der Waals surface area contributed by atoms with Crippen molar-refractivity contribution in [1.29, 1.82) is 0 Å². The van der Waals surface area contributed by atoms with Gasteiger partial charge in [-0.25, -0.2) is 0 Å². The highest BCUT2D eigenvalue weighted by Gasteiger charge is 2.23. The summed E-state index contributed by atoms with van der Waals surface area (Å²) in [5, 5.41) is 14.1. The molecule has 1 aromatic heterocycles. The standard InChI is InChI=1S/C19H23N5O3/c25-18(20-9-8-17-23-22-16-7-2-10-24(16)17)13-4-1-5-14(12-13)21-19(26)15-6-3-11-27-15/h1,4-5,12,15H,2-3,6-11H2,(H,20,25)(H,21,26)/t15-/m0/s1. The highest BCUT2D eigenvalue weighted by molar-refractivity contribution is 5.98. The summed E-state index contributed by atoms with van der Waals surface area (Å²) < 4.78 is 7.51. The van der Waals surface area contributed by atoms with Crippen molar-refractivity contribution in [2.24, 2.45) is 0 Å². The molecule has 2 amide bonds. The fraction of sp³-hybridized carbons (Fsp3) is 0.474. The fourth-order valence-electron chi connectivity index (χ4n) is 3.53. The van der Waals surface area contributed by atoms with E-state index >= 15 is 0 Å². The molecule has 1 atom stereocenters. The summed E-state index contributed by atoms with van der Waals surface area (Å²) in [6, 6.07) is 6.93. The number of aryl methyl sites for hydroxylation is 1. The molecule has 0 unspecified atom stereocenters. The molecule has 2 N–H and O–H groups in total. The number of anilines is 1. The van der Waals surface area contributed by atoms with Crippen LogP contribution in [0.4, 0.5) is 5.69 Å². The van der Waals surface area contributed by atoms with E-state index in [0.29, 0.717) is 30.8 Å². The maximum absolute atomic E-state index is 12.4. The van der Waals surface area contributed by atoms with Crippen LogP contribution < -0.4 is 10.6 Å². The van der Waals surface area contributed by atoms with E-state index in [-0.39, 0.29) is 11.8 Å². The van der Waals surface area contributed by atoms with Gasteiger partial charge in [-0.3, -0.25) is 9.59 Å². The highest BCUT2D eigenvalue weighted by Crippen LogP contribution is 2.17. The summed E-state index contributed by atoms with van der Waals surface area (Å²) >= 11 is 0. The highest BCUT2D eigenvalue weighted by atomic mass is 16.5. The lowest BCUT2D eigenvalue weighted by molar-refractivity contribution is -0.124. The maximum Gasteiger partial charge on any atom is 0.253 e. The quantitative estimate of drug-likeness (QED) is 0.800. The van der Waals surface area contributed by atoms with Gasteiger partial charge >= 0.3 is 0 Å². The van der Waals surface area contributed by atoms with Gasteiger partial charge in [0.25, 0.3) is 11.8 Å². The molecule has 1 fully saturated rings. The van der Waals surface area contributed by atoms with E-state index in [1.807, 2.05) is 0 Å². The summed E-state index contributed by atoms with van der Waals surface area (Å²) in [5.74, 6) is 1.61. The number of rotatable bonds is 6. The van der Waals surface area contributed by atoms with Crippen LogP contribution in [0.2, 0.25) is 0 Å². The first kappa shape index (κ1) is 17.7. The zero-order valence-electron chi connectivity index (χ0n) is 15.1. The molecular formula is C19H23N5O3. The molecule has 2 aliphatic heterocycles. The molecule has 0 radical (unpaired) electrons. The predicted molar refractivity (Wildman–Crippen MR) is 98.4 cm³/mol. The van der Waals surface area contributed by atoms with Crippen molar-refractivity contribution in [3.8, 4) is 0 Å². The molecule has 27 heavy (non-hydrogen) atoms. The Balaban J connectivity index is 1.31. The van der Waals surface area contributed by atoms with Crippen LogP contribution in [0.5, 0.6) is 0 Å². The van der Waals surface area contributed by atoms with Crippen molar-refractivity contribution in [3.63, 3.8) is 0 Å². The molecule has 1 aromatic carbocycles. The second kappa shape index (κ2) is 7.87. The van der Waals surface area contributed by atoms with Gasteiger partial charge < -0.3 is 19.9 Å². The normalized spacial score (nSPS) is 18.3. The SMILES string of the molecule is O=C(NCCc1nnc2n1CCC2)c1cccc(NC(=O)[C@@H]2CCCO2)c1. The third kappa shape index (κ3) is 4.00. The van der Waals surface area contributed by atoms with E-state index in [9.17, 15) is 9.59 Å². The van der Waals surface area contributed by atoms with E-state index in [4.69, 9.17) is 4.74 Å². The lowest BCUT2D eigenvalue weighted by Crippen LogP contribution is -2.28. The number of nitrogens with zero attached hydrogens (tertiary/aromatic N) is 3. The molecule has 0 spiro atoms. The number of amides is 2. The van der Waals surface area contributed by atoms with Crippen molar-refractivity contribution in [3.05, 3.63) is 41.5 Å². The zero-order valence-corrected chi connectivity index (χ0v) is 15.1. The predicted octanol–water partition coefficient (Wildman–Crippen LogP) is 1.31. The lowest BCUT2D eigenvalue weighted by atomic mass is 10.1. The van der Waals surface area contributed by atoms with Crippen molar-refractivity contribution in [2.75, 3.05) is 18.5 Å². The molecular weight excluding hydrogens is 346 g/mol. The molecule has 0 saturated carbocycles. The second-order valence-corrected chi connectivity index (χ2v) is 6.87. The number of aromatic nitrogens is 3. The van der Waals surface area contributed by atoms with Crippen LogP contribution in [-0.4, -0.2) is 45.8 Å². The molecule has 0 aliphatic carbocycles. The van der Waals surface area contributed by atoms with E-state index in [1.165, 1.54) is 0 Å². The minimum atomic E-state index is -0.396. The topological polar surface area (TPSA) is 98.1 Å². The number of benzene rings is 1. The van der Waals surface area contributed by atoms with Gasteiger partial charge in [-0.15, -0.1) is 10.2 Å². The summed E-state index contributed by atoms with van der Waals surface area (Å²) in [4.78, 5) is 24.6. The molecule has 8 heteroatoms. The summed E-state index contributed by atoms with van der Waals surface area (Å²) in [6.45, 7) is 2.07. The number of nitrogens with one attached hydrogen (secondary N) is 2. The molecule has 0 bridgehead atoms. The molecule has 142 valence electrons. The average Bonchev–Trinajstić information content (AvgIpc) is 3.41. The van der Waals surface area contributed by atoms with Crippen LogP contribution in [0.15, 0.2) is 24.3 Å². The molecule has 2 aliphatic rings. The number of carbonyl (C=O) groups is 2. The summed E-state index contributed by atoms with van der Waals surface area (Å²) in [6.07, 6.45) is 3.97. The minimum Gasteiger partial charge on any atom is -0.368 e. The zero-order chi connectivity index (χ0) is 18.6. The fourth-order valence-corrected chi connectivity index (χ4v) is 3.53. The van der Waals surface area contributed by atoms with Crippen LogP contribution in [0.1, 0.15) is 41.3 Å². The second-order valence-electron chi connectivity index (χ2n) is 6.87. The van der Waals surface area contributed by atoms with E-state index in [0.717, 1.165) is 43.9 Å².